The highest BCUT2D eigenvalue weighted by Gasteiger charge is 2.44. The number of carbonyl (C=O) groups excluding carboxylic acids is 5. The van der Waals surface area contributed by atoms with Crippen molar-refractivity contribution >= 4 is 35.2 Å². The zero-order valence-electron chi connectivity index (χ0n) is 15.3. The van der Waals surface area contributed by atoms with Crippen LogP contribution in [0.4, 0.5) is 5.69 Å². The number of benzene rings is 1. The molecule has 5 amide bonds. The SMILES string of the molecule is NCCCCCC(=O)Nc1ccc2c(c1)C(=O)N(C1CCC(=O)NC1=O)C2=O. The molecule has 1 aromatic carbocycles. The minimum absolute atomic E-state index is 0.0648. The van der Waals surface area contributed by atoms with E-state index in [1.54, 1.807) is 6.07 Å². The Labute approximate surface area is 161 Å². The molecular formula is C19H22N4O5. The summed E-state index contributed by atoms with van der Waals surface area (Å²) in [6, 6.07) is 3.45. The molecule has 0 aromatic heterocycles. The summed E-state index contributed by atoms with van der Waals surface area (Å²) in [7, 11) is 0. The molecule has 9 nitrogen and oxygen atoms in total. The monoisotopic (exact) mass is 386 g/mol. The lowest BCUT2D eigenvalue weighted by atomic mass is 10.0. The van der Waals surface area contributed by atoms with Crippen LogP contribution in [0.5, 0.6) is 0 Å². The molecule has 0 aliphatic carbocycles. The van der Waals surface area contributed by atoms with E-state index in [-0.39, 0.29) is 29.9 Å². The van der Waals surface area contributed by atoms with Crippen LogP contribution in [0.2, 0.25) is 0 Å². The molecule has 2 aliphatic heterocycles. The van der Waals surface area contributed by atoms with Gasteiger partial charge in [0, 0.05) is 18.5 Å². The van der Waals surface area contributed by atoms with E-state index >= 15 is 0 Å². The van der Waals surface area contributed by atoms with E-state index in [1.807, 2.05) is 0 Å². The third kappa shape index (κ3) is 3.94. The smallest absolute Gasteiger partial charge is 0.262 e. The lowest BCUT2D eigenvalue weighted by Crippen LogP contribution is -2.54. The lowest BCUT2D eigenvalue weighted by Gasteiger charge is -2.27. The Kier molecular flexibility index (Phi) is 5.84. The van der Waals surface area contributed by atoms with Crippen LogP contribution in [0.15, 0.2) is 18.2 Å². The summed E-state index contributed by atoms with van der Waals surface area (Å²) in [4.78, 5) is 61.6. The molecule has 1 fully saturated rings. The Balaban J connectivity index is 1.70. The molecule has 0 bridgehead atoms. The third-order valence-electron chi connectivity index (χ3n) is 4.83. The van der Waals surface area contributed by atoms with Gasteiger partial charge in [0.15, 0.2) is 0 Å². The number of nitrogens with one attached hydrogen (secondary N) is 2. The average Bonchev–Trinajstić information content (AvgIpc) is 2.90. The molecule has 0 radical (unpaired) electrons. The Hall–Kier alpha value is -3.07. The quantitative estimate of drug-likeness (QED) is 0.462. The van der Waals surface area contributed by atoms with E-state index in [4.69, 9.17) is 5.73 Å². The summed E-state index contributed by atoms with van der Waals surface area (Å²) >= 11 is 0. The van der Waals surface area contributed by atoms with Crippen LogP contribution in [0.25, 0.3) is 0 Å². The Morgan fingerprint density at radius 1 is 1.11 bits per heavy atom. The summed E-state index contributed by atoms with van der Waals surface area (Å²) in [5.74, 6) is -2.44. The normalized spacial score (nSPS) is 18.9. The van der Waals surface area contributed by atoms with Gasteiger partial charge in [0.25, 0.3) is 11.8 Å². The third-order valence-corrected chi connectivity index (χ3v) is 4.83. The minimum Gasteiger partial charge on any atom is -0.330 e. The van der Waals surface area contributed by atoms with E-state index in [0.717, 1.165) is 17.7 Å². The first-order valence-corrected chi connectivity index (χ1v) is 9.28. The molecule has 1 saturated heterocycles. The average molecular weight is 386 g/mol. The van der Waals surface area contributed by atoms with Crippen molar-refractivity contribution in [1.82, 2.24) is 10.2 Å². The van der Waals surface area contributed by atoms with Crippen LogP contribution in [0.3, 0.4) is 0 Å². The number of anilines is 1. The van der Waals surface area contributed by atoms with Gasteiger partial charge in [-0.2, -0.15) is 0 Å². The molecule has 148 valence electrons. The highest BCUT2D eigenvalue weighted by molar-refractivity contribution is 6.23. The van der Waals surface area contributed by atoms with Crippen molar-refractivity contribution in [2.45, 2.75) is 44.6 Å². The number of nitrogens with zero attached hydrogens (tertiary/aromatic N) is 1. The maximum absolute atomic E-state index is 12.7. The largest absolute Gasteiger partial charge is 0.330 e. The number of fused-ring (bicyclic) bond motifs is 1. The van der Waals surface area contributed by atoms with Crippen molar-refractivity contribution in [2.24, 2.45) is 5.73 Å². The molecule has 9 heteroatoms. The predicted molar refractivity (Wildman–Crippen MR) is 99.3 cm³/mol. The fourth-order valence-corrected chi connectivity index (χ4v) is 3.38. The van der Waals surface area contributed by atoms with Crippen molar-refractivity contribution < 1.29 is 24.0 Å². The van der Waals surface area contributed by atoms with Crippen LogP contribution >= 0.6 is 0 Å². The summed E-state index contributed by atoms with van der Waals surface area (Å²) in [5.41, 5.74) is 6.14. The van der Waals surface area contributed by atoms with Gasteiger partial charge in [0.1, 0.15) is 6.04 Å². The summed E-state index contributed by atoms with van der Waals surface area (Å²) < 4.78 is 0. The van der Waals surface area contributed by atoms with Gasteiger partial charge in [-0.1, -0.05) is 6.42 Å². The Morgan fingerprint density at radius 2 is 1.86 bits per heavy atom. The maximum atomic E-state index is 12.7. The van der Waals surface area contributed by atoms with Crippen molar-refractivity contribution in [1.29, 1.82) is 0 Å². The summed E-state index contributed by atoms with van der Waals surface area (Å²) in [6.45, 7) is 0.590. The molecule has 1 atom stereocenters. The minimum atomic E-state index is -1.01. The van der Waals surface area contributed by atoms with E-state index in [9.17, 15) is 24.0 Å². The van der Waals surface area contributed by atoms with Crippen LogP contribution in [0, 0.1) is 0 Å². The molecule has 2 heterocycles. The number of unbranched alkanes of at least 4 members (excludes halogenated alkanes) is 2. The van der Waals surface area contributed by atoms with Crippen LogP contribution in [0.1, 0.15) is 59.2 Å². The standard InChI is InChI=1S/C19H22N4O5/c20-9-3-1-2-4-15(24)21-11-5-6-12-13(10-11)19(28)23(18(12)27)14-7-8-16(25)22-17(14)26/h5-6,10,14H,1-4,7-9,20H2,(H,21,24)(H,22,25,26). The lowest BCUT2D eigenvalue weighted by molar-refractivity contribution is -0.136. The number of hydrogen-bond donors (Lipinski definition) is 3. The van der Waals surface area contributed by atoms with Gasteiger partial charge < -0.3 is 11.1 Å². The van der Waals surface area contributed by atoms with Crippen LogP contribution < -0.4 is 16.4 Å². The second-order valence-corrected chi connectivity index (χ2v) is 6.86. The first-order chi connectivity index (χ1) is 13.4. The fraction of sp³-hybridized carbons (Fsp3) is 0.421. The molecule has 1 aromatic rings. The maximum Gasteiger partial charge on any atom is 0.262 e. The van der Waals surface area contributed by atoms with Gasteiger partial charge in [0.05, 0.1) is 11.1 Å². The van der Waals surface area contributed by atoms with E-state index < -0.39 is 29.7 Å². The molecule has 28 heavy (non-hydrogen) atoms. The summed E-state index contributed by atoms with van der Waals surface area (Å²) in [6.07, 6.45) is 2.94. The van der Waals surface area contributed by atoms with Gasteiger partial charge in [-0.3, -0.25) is 34.2 Å². The highest BCUT2D eigenvalue weighted by Crippen LogP contribution is 2.29. The van der Waals surface area contributed by atoms with Crippen molar-refractivity contribution in [3.8, 4) is 0 Å². The predicted octanol–water partition coefficient (Wildman–Crippen LogP) is 0.545. The number of nitrogens with two attached hydrogens (primary N) is 1. The number of carbonyl (C=O) groups is 5. The number of imide groups is 2. The number of hydrogen-bond acceptors (Lipinski definition) is 6. The number of piperidine rings is 1. The van der Waals surface area contributed by atoms with Crippen LogP contribution in [-0.4, -0.2) is 47.0 Å². The molecule has 1 unspecified atom stereocenters. The molecule has 0 spiro atoms. The summed E-state index contributed by atoms with van der Waals surface area (Å²) in [5, 5.41) is 4.87. The van der Waals surface area contributed by atoms with Crippen molar-refractivity contribution in [3.63, 3.8) is 0 Å². The van der Waals surface area contributed by atoms with Crippen molar-refractivity contribution in [2.75, 3.05) is 11.9 Å². The van der Waals surface area contributed by atoms with E-state index in [0.29, 0.717) is 25.1 Å². The topological polar surface area (TPSA) is 139 Å². The van der Waals surface area contributed by atoms with Gasteiger partial charge in [0.2, 0.25) is 17.7 Å². The van der Waals surface area contributed by atoms with Crippen LogP contribution in [-0.2, 0) is 14.4 Å². The highest BCUT2D eigenvalue weighted by atomic mass is 16.2. The van der Waals surface area contributed by atoms with Gasteiger partial charge in [-0.15, -0.1) is 0 Å². The van der Waals surface area contributed by atoms with E-state index in [1.165, 1.54) is 12.1 Å². The first-order valence-electron chi connectivity index (χ1n) is 9.28. The van der Waals surface area contributed by atoms with Crippen molar-refractivity contribution in [3.05, 3.63) is 29.3 Å². The molecule has 4 N–H and O–H groups in total. The second-order valence-electron chi connectivity index (χ2n) is 6.86. The second kappa shape index (κ2) is 8.30. The number of rotatable bonds is 7. The first kappa shape index (κ1) is 19.7. The molecule has 3 rings (SSSR count). The fourth-order valence-electron chi connectivity index (χ4n) is 3.38. The zero-order valence-corrected chi connectivity index (χ0v) is 15.3. The Morgan fingerprint density at radius 3 is 2.57 bits per heavy atom. The van der Waals surface area contributed by atoms with Gasteiger partial charge in [-0.05, 0) is 44.0 Å². The van der Waals surface area contributed by atoms with Gasteiger partial charge >= 0.3 is 0 Å². The van der Waals surface area contributed by atoms with E-state index in [2.05, 4.69) is 10.6 Å². The Bertz CT molecular complexity index is 851. The molecular weight excluding hydrogens is 364 g/mol. The zero-order chi connectivity index (χ0) is 20.3. The molecule has 2 aliphatic rings. The molecule has 0 saturated carbocycles. The number of amides is 5. The van der Waals surface area contributed by atoms with Gasteiger partial charge in [-0.25, -0.2) is 0 Å².